The molecule has 0 radical (unpaired) electrons. The minimum atomic E-state index is -1.02. The van der Waals surface area contributed by atoms with Crippen molar-refractivity contribution in [1.29, 1.82) is 0 Å². The normalized spacial score (nSPS) is 15.9. The highest BCUT2D eigenvalue weighted by Gasteiger charge is 2.25. The fourth-order valence-electron chi connectivity index (χ4n) is 4.49. The maximum absolute atomic E-state index is 12.2. The van der Waals surface area contributed by atoms with Crippen LogP contribution in [0.1, 0.15) is 51.0 Å². The van der Waals surface area contributed by atoms with Gasteiger partial charge in [-0.15, -0.1) is 11.3 Å². The molecule has 1 unspecified atom stereocenters. The first-order chi connectivity index (χ1) is 14.6. The summed E-state index contributed by atoms with van der Waals surface area (Å²) in [6, 6.07) is 13.9. The molecule has 1 aliphatic rings. The molecule has 0 saturated heterocycles. The molecule has 1 fully saturated rings. The third kappa shape index (κ3) is 4.65. The van der Waals surface area contributed by atoms with Crippen molar-refractivity contribution in [3.8, 4) is 0 Å². The number of hydrogen-bond donors (Lipinski definition) is 2. The molecule has 1 amide bonds. The Kier molecular flexibility index (Phi) is 6.65. The van der Waals surface area contributed by atoms with Gasteiger partial charge in [0.05, 0.1) is 0 Å². The Morgan fingerprint density at radius 2 is 1.97 bits per heavy atom. The van der Waals surface area contributed by atoms with E-state index in [4.69, 9.17) is 0 Å². The minimum Gasteiger partial charge on any atom is -0.464 e. The molecule has 1 saturated carbocycles. The zero-order chi connectivity index (χ0) is 20.9. The molecule has 1 aliphatic carbocycles. The number of aromatic nitrogens is 1. The van der Waals surface area contributed by atoms with Crippen LogP contribution in [0.4, 0.5) is 15.6 Å². The number of benzene rings is 1. The molecule has 0 spiro atoms. The number of amides is 1. The van der Waals surface area contributed by atoms with E-state index in [1.54, 1.807) is 18.3 Å². The highest BCUT2D eigenvalue weighted by molar-refractivity contribution is 7.23. The highest BCUT2D eigenvalue weighted by atomic mass is 32.1. The van der Waals surface area contributed by atoms with Gasteiger partial charge in [-0.05, 0) is 42.8 Å². The Hall–Kier alpha value is -2.44. The van der Waals surface area contributed by atoms with Crippen molar-refractivity contribution in [2.45, 2.75) is 58.0 Å². The van der Waals surface area contributed by atoms with Crippen molar-refractivity contribution in [1.82, 2.24) is 10.3 Å². The largest absolute Gasteiger partial charge is 0.464 e. The SMILES string of the molecule is CC(CC1CCCCC1)NCc1c(N(C(=O)O)c2ccccn2)sc2ccccc12. The summed E-state index contributed by atoms with van der Waals surface area (Å²) in [5.74, 6) is 1.23. The second kappa shape index (κ2) is 9.58. The van der Waals surface area contributed by atoms with Gasteiger partial charge in [0.15, 0.2) is 0 Å². The van der Waals surface area contributed by atoms with Crippen molar-refractivity contribution in [3.63, 3.8) is 0 Å². The van der Waals surface area contributed by atoms with E-state index >= 15 is 0 Å². The smallest absolute Gasteiger partial charge is 0.418 e. The average Bonchev–Trinajstić information content (AvgIpc) is 3.11. The van der Waals surface area contributed by atoms with Gasteiger partial charge in [0.25, 0.3) is 0 Å². The number of nitrogens with zero attached hydrogens (tertiary/aromatic N) is 2. The number of carboxylic acid groups (broad SMARTS) is 1. The van der Waals surface area contributed by atoms with Crippen molar-refractivity contribution in [3.05, 3.63) is 54.2 Å². The lowest BCUT2D eigenvalue weighted by Gasteiger charge is -2.25. The second-order valence-electron chi connectivity index (χ2n) is 8.21. The van der Waals surface area contributed by atoms with Gasteiger partial charge in [-0.1, -0.05) is 56.4 Å². The van der Waals surface area contributed by atoms with E-state index in [0.717, 1.165) is 26.6 Å². The number of carbonyl (C=O) groups is 1. The van der Waals surface area contributed by atoms with Crippen molar-refractivity contribution in [2.75, 3.05) is 4.90 Å². The molecule has 0 bridgehead atoms. The maximum Gasteiger partial charge on any atom is 0.418 e. The quantitative estimate of drug-likeness (QED) is 0.451. The molecule has 3 aromatic rings. The van der Waals surface area contributed by atoms with Crippen LogP contribution in [-0.4, -0.2) is 22.2 Å². The molecule has 1 atom stereocenters. The summed E-state index contributed by atoms with van der Waals surface area (Å²) in [5, 5.41) is 15.5. The van der Waals surface area contributed by atoms with E-state index in [-0.39, 0.29) is 0 Å². The molecule has 2 aromatic heterocycles. The number of nitrogens with one attached hydrogen (secondary N) is 1. The van der Waals surface area contributed by atoms with Crippen molar-refractivity contribution >= 4 is 38.3 Å². The standard InChI is InChI=1S/C24H29N3O2S/c1-17(15-18-9-3-2-4-10-18)26-16-20-19-11-5-6-12-21(19)30-23(20)27(24(28)29)22-13-7-8-14-25-22/h5-8,11-14,17-18,26H,2-4,9-10,15-16H2,1H3,(H,28,29). The molecular formula is C24H29N3O2S. The maximum atomic E-state index is 12.2. The molecule has 158 valence electrons. The van der Waals surface area contributed by atoms with Crippen LogP contribution >= 0.6 is 11.3 Å². The summed E-state index contributed by atoms with van der Waals surface area (Å²) in [6.45, 7) is 2.89. The van der Waals surface area contributed by atoms with Gasteiger partial charge in [-0.3, -0.25) is 0 Å². The lowest BCUT2D eigenvalue weighted by atomic mass is 9.85. The Bertz CT molecular complexity index is 983. The van der Waals surface area contributed by atoms with E-state index in [2.05, 4.69) is 29.4 Å². The van der Waals surface area contributed by atoms with Crippen LogP contribution in [-0.2, 0) is 6.54 Å². The number of thiophene rings is 1. The first-order valence-corrected chi connectivity index (χ1v) is 11.6. The summed E-state index contributed by atoms with van der Waals surface area (Å²) >= 11 is 1.51. The Balaban J connectivity index is 1.60. The summed E-state index contributed by atoms with van der Waals surface area (Å²) in [4.78, 5) is 17.8. The van der Waals surface area contributed by atoms with E-state index in [0.29, 0.717) is 18.4 Å². The van der Waals surface area contributed by atoms with Gasteiger partial charge in [-0.25, -0.2) is 14.7 Å². The fourth-order valence-corrected chi connectivity index (χ4v) is 5.72. The summed E-state index contributed by atoms with van der Waals surface area (Å²) < 4.78 is 1.09. The molecular weight excluding hydrogens is 394 g/mol. The molecule has 4 rings (SSSR count). The van der Waals surface area contributed by atoms with E-state index in [9.17, 15) is 9.90 Å². The Labute approximate surface area is 181 Å². The lowest BCUT2D eigenvalue weighted by Crippen LogP contribution is -2.30. The fraction of sp³-hybridized carbons (Fsp3) is 0.417. The average molecular weight is 424 g/mol. The predicted molar refractivity (Wildman–Crippen MR) is 124 cm³/mol. The van der Waals surface area contributed by atoms with E-state index in [1.807, 2.05) is 18.2 Å². The topological polar surface area (TPSA) is 65.5 Å². The van der Waals surface area contributed by atoms with Crippen molar-refractivity contribution in [2.24, 2.45) is 5.92 Å². The zero-order valence-corrected chi connectivity index (χ0v) is 18.2. The van der Waals surface area contributed by atoms with Gasteiger partial charge in [0.1, 0.15) is 10.8 Å². The van der Waals surface area contributed by atoms with Crippen LogP contribution in [0.25, 0.3) is 10.1 Å². The van der Waals surface area contributed by atoms with Crippen LogP contribution < -0.4 is 10.2 Å². The number of pyridine rings is 1. The first kappa shape index (κ1) is 20.8. The van der Waals surface area contributed by atoms with Crippen molar-refractivity contribution < 1.29 is 9.90 Å². The lowest BCUT2D eigenvalue weighted by molar-refractivity contribution is 0.204. The summed E-state index contributed by atoms with van der Waals surface area (Å²) in [5.41, 5.74) is 1.03. The number of rotatable bonds is 7. The Morgan fingerprint density at radius 1 is 1.20 bits per heavy atom. The molecule has 30 heavy (non-hydrogen) atoms. The molecule has 6 heteroatoms. The van der Waals surface area contributed by atoms with Gasteiger partial charge < -0.3 is 10.4 Å². The van der Waals surface area contributed by atoms with Gasteiger partial charge in [-0.2, -0.15) is 0 Å². The van der Waals surface area contributed by atoms with Gasteiger partial charge in [0.2, 0.25) is 0 Å². The van der Waals surface area contributed by atoms with Crippen LogP contribution in [0.15, 0.2) is 48.7 Å². The van der Waals surface area contributed by atoms with Gasteiger partial charge in [0, 0.05) is 29.0 Å². The minimum absolute atomic E-state index is 0.396. The number of anilines is 2. The molecule has 2 heterocycles. The predicted octanol–water partition coefficient (Wildman–Crippen LogP) is 6.56. The summed E-state index contributed by atoms with van der Waals surface area (Å²) in [6.07, 6.45) is 8.56. The van der Waals surface area contributed by atoms with Crippen LogP contribution in [0.2, 0.25) is 0 Å². The zero-order valence-electron chi connectivity index (χ0n) is 17.4. The number of hydrogen-bond acceptors (Lipinski definition) is 4. The molecule has 0 aliphatic heterocycles. The van der Waals surface area contributed by atoms with E-state index in [1.165, 1.54) is 54.8 Å². The highest BCUT2D eigenvalue weighted by Crippen LogP contribution is 2.41. The van der Waals surface area contributed by atoms with Crippen LogP contribution in [0.5, 0.6) is 0 Å². The second-order valence-corrected chi connectivity index (χ2v) is 9.24. The van der Waals surface area contributed by atoms with E-state index < -0.39 is 6.09 Å². The summed E-state index contributed by atoms with van der Waals surface area (Å²) in [7, 11) is 0. The third-order valence-corrected chi connectivity index (χ3v) is 7.19. The van der Waals surface area contributed by atoms with Crippen LogP contribution in [0, 0.1) is 5.92 Å². The monoisotopic (exact) mass is 423 g/mol. The Morgan fingerprint density at radius 3 is 2.70 bits per heavy atom. The van der Waals surface area contributed by atoms with Gasteiger partial charge >= 0.3 is 6.09 Å². The molecule has 1 aromatic carbocycles. The first-order valence-electron chi connectivity index (χ1n) is 10.8. The number of fused-ring (bicyclic) bond motifs is 1. The van der Waals surface area contributed by atoms with Crippen LogP contribution in [0.3, 0.4) is 0 Å². The molecule has 5 nitrogen and oxygen atoms in total. The molecule has 2 N–H and O–H groups in total. The third-order valence-electron chi connectivity index (χ3n) is 5.99.